The van der Waals surface area contributed by atoms with Crippen LogP contribution in [0.3, 0.4) is 0 Å². The topological polar surface area (TPSA) is 96.2 Å². The zero-order chi connectivity index (χ0) is 31.8. The molecule has 2 aromatic rings. The number of carbonyl (C=O) groups excluding carboxylic acids is 1. The van der Waals surface area contributed by atoms with Crippen LogP contribution in [0.5, 0.6) is 5.75 Å². The maximum atomic E-state index is 14.1. The number of alkyl halides is 3. The van der Waals surface area contributed by atoms with Crippen molar-refractivity contribution in [3.63, 3.8) is 0 Å². The number of hydrogen-bond acceptors (Lipinski definition) is 6. The van der Waals surface area contributed by atoms with E-state index < -0.39 is 27.8 Å². The monoisotopic (exact) mass is 648 g/mol. The standard InChI is InChI=1S/C33H43F3N4O4S/c34-33(35,36)25-7-12-29-24(20-25)6-13-30(29)39-18-19-40(31(21-39)32(41)38-16-14-26(37)15-17-38)45(42,43)28-10-8-27(9-11-28)44-22-23-4-2-1-3-5-23/h7-12,20,23,26,30-31H,1-6,13-19,21-22,37H2/t30?,31-/m0/s1. The van der Waals surface area contributed by atoms with E-state index >= 15 is 0 Å². The van der Waals surface area contributed by atoms with Crippen molar-refractivity contribution in [1.82, 2.24) is 14.1 Å². The lowest BCUT2D eigenvalue weighted by Crippen LogP contribution is -2.62. The molecule has 0 radical (unpaired) electrons. The fraction of sp³-hybridized carbons (Fsp3) is 0.606. The van der Waals surface area contributed by atoms with Gasteiger partial charge in [0.25, 0.3) is 0 Å². The summed E-state index contributed by atoms with van der Waals surface area (Å²) in [6.45, 7) is 2.16. The van der Waals surface area contributed by atoms with Crippen LogP contribution in [-0.2, 0) is 27.4 Å². The lowest BCUT2D eigenvalue weighted by Gasteiger charge is -2.44. The number of nitrogens with zero attached hydrogens (tertiary/aromatic N) is 3. The molecule has 2 aliphatic heterocycles. The summed E-state index contributed by atoms with van der Waals surface area (Å²) in [5.41, 5.74) is 6.89. The maximum absolute atomic E-state index is 14.1. The third-order valence-electron chi connectivity index (χ3n) is 10.1. The zero-order valence-electron chi connectivity index (χ0n) is 25.6. The van der Waals surface area contributed by atoms with E-state index in [0.717, 1.165) is 24.5 Å². The molecule has 3 fully saturated rings. The average molecular weight is 649 g/mol. The highest BCUT2D eigenvalue weighted by atomic mass is 32.2. The first-order valence-electron chi connectivity index (χ1n) is 16.2. The van der Waals surface area contributed by atoms with Crippen molar-refractivity contribution < 1.29 is 31.1 Å². The molecule has 45 heavy (non-hydrogen) atoms. The lowest BCUT2D eigenvalue weighted by molar-refractivity contribution is -0.139. The average Bonchev–Trinajstić information content (AvgIpc) is 3.47. The van der Waals surface area contributed by atoms with E-state index in [9.17, 15) is 26.4 Å². The smallest absolute Gasteiger partial charge is 0.416 e. The van der Waals surface area contributed by atoms with Crippen LogP contribution in [0.15, 0.2) is 47.4 Å². The number of fused-ring (bicyclic) bond motifs is 1. The molecule has 6 rings (SSSR count). The molecule has 2 atom stereocenters. The van der Waals surface area contributed by atoms with Crippen molar-refractivity contribution in [3.8, 4) is 5.75 Å². The van der Waals surface area contributed by atoms with Crippen LogP contribution < -0.4 is 10.5 Å². The number of aryl methyl sites for hydroxylation is 1. The highest BCUT2D eigenvalue weighted by Crippen LogP contribution is 2.41. The van der Waals surface area contributed by atoms with Gasteiger partial charge in [0.05, 0.1) is 17.1 Å². The van der Waals surface area contributed by atoms with E-state index in [1.165, 1.54) is 29.6 Å². The Morgan fingerprint density at radius 3 is 2.31 bits per heavy atom. The van der Waals surface area contributed by atoms with Gasteiger partial charge in [0.15, 0.2) is 0 Å². The van der Waals surface area contributed by atoms with Crippen molar-refractivity contribution in [2.24, 2.45) is 11.7 Å². The molecule has 2 aliphatic carbocycles. The van der Waals surface area contributed by atoms with E-state index in [0.29, 0.717) is 69.2 Å². The largest absolute Gasteiger partial charge is 0.493 e. The van der Waals surface area contributed by atoms with E-state index in [1.807, 2.05) is 0 Å². The third kappa shape index (κ3) is 7.03. The van der Waals surface area contributed by atoms with Crippen LogP contribution in [0, 0.1) is 5.92 Å². The minimum absolute atomic E-state index is 0.00664. The zero-order valence-corrected chi connectivity index (χ0v) is 26.4. The number of likely N-dealkylation sites (tertiary alicyclic amines) is 1. The second kappa shape index (κ2) is 13.2. The maximum Gasteiger partial charge on any atom is 0.416 e. The van der Waals surface area contributed by atoms with E-state index in [-0.39, 0.29) is 36.0 Å². The summed E-state index contributed by atoms with van der Waals surface area (Å²) < 4.78 is 75.5. The number of halogens is 3. The van der Waals surface area contributed by atoms with Gasteiger partial charge in [0.1, 0.15) is 11.8 Å². The third-order valence-corrected chi connectivity index (χ3v) is 12.0. The van der Waals surface area contributed by atoms with Gasteiger partial charge in [0, 0.05) is 44.8 Å². The number of benzene rings is 2. The Kier molecular flexibility index (Phi) is 9.48. The SMILES string of the molecule is NC1CCN(C(=O)[C@@H]2CN(C3CCc4cc(C(F)(F)F)ccc43)CCN2S(=O)(=O)c2ccc(OCC3CCCCC3)cc2)CC1. The Hall–Kier alpha value is -2.67. The number of sulfonamides is 1. The van der Waals surface area contributed by atoms with Crippen molar-refractivity contribution in [1.29, 1.82) is 0 Å². The molecule has 2 heterocycles. The Morgan fingerprint density at radius 2 is 1.62 bits per heavy atom. The van der Waals surface area contributed by atoms with Crippen molar-refractivity contribution >= 4 is 15.9 Å². The number of amides is 1. The van der Waals surface area contributed by atoms with Crippen LogP contribution in [-0.4, -0.2) is 79.8 Å². The number of nitrogens with two attached hydrogens (primary N) is 1. The molecule has 8 nitrogen and oxygen atoms in total. The molecule has 2 N–H and O–H groups in total. The number of piperazine rings is 1. The van der Waals surface area contributed by atoms with Crippen molar-refractivity contribution in [2.75, 3.05) is 39.3 Å². The first-order chi connectivity index (χ1) is 21.5. The second-order valence-electron chi connectivity index (χ2n) is 13.0. The van der Waals surface area contributed by atoms with Crippen LogP contribution in [0.4, 0.5) is 13.2 Å². The van der Waals surface area contributed by atoms with Gasteiger partial charge in [0.2, 0.25) is 15.9 Å². The summed E-state index contributed by atoms with van der Waals surface area (Å²) in [6.07, 6.45) is 4.00. The first-order valence-corrected chi connectivity index (χ1v) is 17.7. The van der Waals surface area contributed by atoms with Gasteiger partial charge < -0.3 is 15.4 Å². The van der Waals surface area contributed by atoms with Gasteiger partial charge in [-0.3, -0.25) is 9.69 Å². The molecule has 1 amide bonds. The first kappa shape index (κ1) is 32.3. The molecular weight excluding hydrogens is 605 g/mol. The van der Waals surface area contributed by atoms with Crippen LogP contribution in [0.25, 0.3) is 0 Å². The number of hydrogen-bond donors (Lipinski definition) is 1. The minimum atomic E-state index is -4.42. The van der Waals surface area contributed by atoms with E-state index in [1.54, 1.807) is 35.2 Å². The predicted molar refractivity (Wildman–Crippen MR) is 164 cm³/mol. The van der Waals surface area contributed by atoms with Crippen molar-refractivity contribution in [2.45, 2.75) is 87.0 Å². The lowest BCUT2D eigenvalue weighted by atomic mass is 9.90. The molecule has 1 saturated carbocycles. The summed E-state index contributed by atoms with van der Waals surface area (Å²) in [5, 5.41) is 0. The Balaban J connectivity index is 1.21. The van der Waals surface area contributed by atoms with E-state index in [2.05, 4.69) is 4.90 Å². The summed E-state index contributed by atoms with van der Waals surface area (Å²) in [7, 11) is -4.03. The van der Waals surface area contributed by atoms with Gasteiger partial charge in [-0.1, -0.05) is 25.3 Å². The quantitative estimate of drug-likeness (QED) is 0.456. The van der Waals surface area contributed by atoms with Crippen LogP contribution in [0.1, 0.15) is 74.1 Å². The molecule has 0 spiro atoms. The van der Waals surface area contributed by atoms with Gasteiger partial charge >= 0.3 is 6.18 Å². The fourth-order valence-corrected chi connectivity index (χ4v) is 9.02. The number of piperidine rings is 1. The molecule has 2 aromatic carbocycles. The van der Waals surface area contributed by atoms with Gasteiger partial charge in [-0.15, -0.1) is 0 Å². The Bertz CT molecular complexity index is 1460. The second-order valence-corrected chi connectivity index (χ2v) is 14.9. The molecule has 12 heteroatoms. The summed E-state index contributed by atoms with van der Waals surface area (Å²) in [6, 6.07) is 9.19. The number of ether oxygens (including phenoxy) is 1. The fourth-order valence-electron chi connectivity index (χ4n) is 7.45. The number of carbonyl (C=O) groups is 1. The molecule has 1 unspecified atom stereocenters. The van der Waals surface area contributed by atoms with Gasteiger partial charge in [-0.05, 0) is 92.0 Å². The number of rotatable bonds is 7. The summed E-state index contributed by atoms with van der Waals surface area (Å²) in [4.78, 5) is 17.9. The normalized spacial score (nSPS) is 24.5. The van der Waals surface area contributed by atoms with Crippen LogP contribution >= 0.6 is 0 Å². The molecule has 0 bridgehead atoms. The molecule has 246 valence electrons. The Labute approximate surface area is 263 Å². The summed E-state index contributed by atoms with van der Waals surface area (Å²) >= 11 is 0. The van der Waals surface area contributed by atoms with Gasteiger partial charge in [-0.25, -0.2) is 8.42 Å². The minimum Gasteiger partial charge on any atom is -0.493 e. The highest BCUT2D eigenvalue weighted by molar-refractivity contribution is 7.89. The highest BCUT2D eigenvalue weighted by Gasteiger charge is 2.45. The molecule has 4 aliphatic rings. The van der Waals surface area contributed by atoms with E-state index in [4.69, 9.17) is 10.5 Å². The van der Waals surface area contributed by atoms with Crippen molar-refractivity contribution in [3.05, 3.63) is 59.2 Å². The predicted octanol–water partition coefficient (Wildman–Crippen LogP) is 4.98. The summed E-state index contributed by atoms with van der Waals surface area (Å²) in [5.74, 6) is 0.886. The molecule has 2 saturated heterocycles. The molecule has 0 aromatic heterocycles. The Morgan fingerprint density at radius 1 is 0.911 bits per heavy atom. The van der Waals surface area contributed by atoms with Gasteiger partial charge in [-0.2, -0.15) is 17.5 Å². The molecular formula is C33H43F3N4O4S. The van der Waals surface area contributed by atoms with Crippen LogP contribution in [0.2, 0.25) is 0 Å².